The highest BCUT2D eigenvalue weighted by atomic mass is 16.6. The number of rotatable bonds is 7. The Kier molecular flexibility index (Phi) is 8.60. The van der Waals surface area contributed by atoms with Gasteiger partial charge in [-0.3, -0.25) is 14.5 Å². The van der Waals surface area contributed by atoms with Crippen molar-refractivity contribution in [3.05, 3.63) is 65.7 Å². The molecule has 0 aromatic heterocycles. The number of anilines is 1. The van der Waals surface area contributed by atoms with E-state index in [0.29, 0.717) is 11.3 Å². The van der Waals surface area contributed by atoms with E-state index < -0.39 is 42.2 Å². The third-order valence-electron chi connectivity index (χ3n) is 4.57. The molecule has 3 N–H and O–H groups in total. The maximum Gasteiger partial charge on any atom is 0.408 e. The van der Waals surface area contributed by atoms with Gasteiger partial charge in [-0.25, -0.2) is 4.79 Å². The minimum absolute atomic E-state index is 0.462. The molecule has 0 aliphatic heterocycles. The van der Waals surface area contributed by atoms with Gasteiger partial charge in [-0.15, -0.1) is 0 Å². The Bertz CT molecular complexity index is 1020. The van der Waals surface area contributed by atoms with E-state index in [2.05, 4.69) is 16.7 Å². The van der Waals surface area contributed by atoms with Gasteiger partial charge in [0.1, 0.15) is 17.7 Å². The molecule has 0 radical (unpaired) electrons. The van der Waals surface area contributed by atoms with Gasteiger partial charge in [-0.2, -0.15) is 0 Å². The lowest BCUT2D eigenvalue weighted by molar-refractivity contribution is -0.137. The Morgan fingerprint density at radius 2 is 1.70 bits per heavy atom. The number of nitrogens with one attached hydrogen (secondary N) is 2. The number of hydrogen-bond acceptors (Lipinski definition) is 5. The van der Waals surface area contributed by atoms with Crippen LogP contribution in [0.4, 0.5) is 10.5 Å². The van der Waals surface area contributed by atoms with Gasteiger partial charge >= 0.3 is 6.09 Å². The molecule has 0 saturated carbocycles. The first-order chi connectivity index (χ1) is 15.6. The molecule has 0 aliphatic rings. The Balaban J connectivity index is 2.36. The molecule has 0 heterocycles. The first-order valence-corrected chi connectivity index (χ1v) is 10.4. The molecule has 0 spiro atoms. The van der Waals surface area contributed by atoms with E-state index in [4.69, 9.17) is 11.2 Å². The molecule has 33 heavy (non-hydrogen) atoms. The van der Waals surface area contributed by atoms with E-state index in [1.165, 1.54) is 0 Å². The van der Waals surface area contributed by atoms with Crippen LogP contribution in [-0.4, -0.2) is 46.2 Å². The van der Waals surface area contributed by atoms with Crippen molar-refractivity contribution in [3.63, 3.8) is 0 Å². The normalized spacial score (nSPS) is 12.6. The average Bonchev–Trinajstić information content (AvgIpc) is 2.76. The average molecular weight is 452 g/mol. The summed E-state index contributed by atoms with van der Waals surface area (Å²) in [5.74, 6) is -1.38. The van der Waals surface area contributed by atoms with Gasteiger partial charge in [0.25, 0.3) is 11.8 Å². The van der Waals surface area contributed by atoms with Crippen LogP contribution in [0.2, 0.25) is 0 Å². The number of alkyl carbamates (subject to hydrolysis) is 1. The Hall–Kier alpha value is -3.83. The number of aryl methyl sites for hydroxylation is 1. The SMILES string of the molecule is C#CN(C(=O)C(CO)NC(=O)OC(C)(C)C)C(C(=O)Nc1ccccc1C)c1ccccc1. The summed E-state index contributed by atoms with van der Waals surface area (Å²) < 4.78 is 5.16. The fourth-order valence-electron chi connectivity index (χ4n) is 3.04. The van der Waals surface area contributed by atoms with Crippen LogP contribution >= 0.6 is 0 Å². The zero-order chi connectivity index (χ0) is 24.6. The van der Waals surface area contributed by atoms with Crippen molar-refractivity contribution in [2.24, 2.45) is 0 Å². The number of amides is 3. The number of nitrogens with zero attached hydrogens (tertiary/aromatic N) is 1. The molecule has 0 bridgehead atoms. The minimum atomic E-state index is -1.41. The van der Waals surface area contributed by atoms with Crippen molar-refractivity contribution in [2.45, 2.75) is 45.4 Å². The molecule has 0 aliphatic carbocycles. The van der Waals surface area contributed by atoms with Crippen molar-refractivity contribution in [2.75, 3.05) is 11.9 Å². The largest absolute Gasteiger partial charge is 0.444 e. The van der Waals surface area contributed by atoms with Gasteiger partial charge in [0.05, 0.1) is 6.61 Å². The molecule has 2 rings (SSSR count). The number of aliphatic hydroxyl groups excluding tert-OH is 1. The highest BCUT2D eigenvalue weighted by molar-refractivity contribution is 6.00. The maximum absolute atomic E-state index is 13.3. The van der Waals surface area contributed by atoms with Gasteiger partial charge in [0.15, 0.2) is 0 Å². The van der Waals surface area contributed by atoms with Crippen LogP contribution in [-0.2, 0) is 14.3 Å². The molecule has 0 saturated heterocycles. The van der Waals surface area contributed by atoms with Crippen LogP contribution in [0.3, 0.4) is 0 Å². The lowest BCUT2D eigenvalue weighted by atomic mass is 10.0. The molecule has 2 unspecified atom stereocenters. The van der Waals surface area contributed by atoms with E-state index in [-0.39, 0.29) is 0 Å². The predicted molar refractivity (Wildman–Crippen MR) is 125 cm³/mol. The van der Waals surface area contributed by atoms with Gasteiger partial charge in [-0.1, -0.05) is 55.0 Å². The number of carbonyl (C=O) groups is 3. The predicted octanol–water partition coefficient (Wildman–Crippen LogP) is 2.98. The highest BCUT2D eigenvalue weighted by Gasteiger charge is 2.35. The first kappa shape index (κ1) is 25.4. The van der Waals surface area contributed by atoms with Gasteiger partial charge in [0.2, 0.25) is 0 Å². The second-order valence-corrected chi connectivity index (χ2v) is 8.34. The van der Waals surface area contributed by atoms with Crippen molar-refractivity contribution < 1.29 is 24.2 Å². The Morgan fingerprint density at radius 1 is 1.09 bits per heavy atom. The molecule has 8 heteroatoms. The molecular weight excluding hydrogens is 422 g/mol. The van der Waals surface area contributed by atoms with Crippen LogP contribution in [0.5, 0.6) is 0 Å². The maximum atomic E-state index is 13.3. The summed E-state index contributed by atoms with van der Waals surface area (Å²) in [6.07, 6.45) is 4.75. The number of ether oxygens (including phenoxy) is 1. The molecule has 2 aromatic carbocycles. The van der Waals surface area contributed by atoms with E-state index in [1.54, 1.807) is 63.2 Å². The summed E-state index contributed by atoms with van der Waals surface area (Å²) >= 11 is 0. The quantitative estimate of drug-likeness (QED) is 0.443. The smallest absolute Gasteiger partial charge is 0.408 e. The summed E-state index contributed by atoms with van der Waals surface area (Å²) in [4.78, 5) is 39.5. The van der Waals surface area contributed by atoms with Crippen molar-refractivity contribution >= 4 is 23.6 Å². The van der Waals surface area contributed by atoms with E-state index >= 15 is 0 Å². The zero-order valence-electron chi connectivity index (χ0n) is 19.2. The van der Waals surface area contributed by atoms with Crippen molar-refractivity contribution in [3.8, 4) is 12.5 Å². The van der Waals surface area contributed by atoms with Gasteiger partial charge in [-0.05, 0) is 44.9 Å². The second kappa shape index (κ2) is 11.2. The summed E-state index contributed by atoms with van der Waals surface area (Å²) in [5.41, 5.74) is 1.05. The lowest BCUT2D eigenvalue weighted by Gasteiger charge is -2.30. The van der Waals surface area contributed by atoms with E-state index in [0.717, 1.165) is 10.5 Å². The number of benzene rings is 2. The molecule has 2 aromatic rings. The number of terminal acetylenes is 1. The molecular formula is C25H29N3O5. The van der Waals surface area contributed by atoms with Gasteiger partial charge in [0, 0.05) is 11.7 Å². The number of aliphatic hydroxyl groups is 1. The fraction of sp³-hybridized carbons (Fsp3) is 0.320. The van der Waals surface area contributed by atoms with E-state index in [9.17, 15) is 19.5 Å². The van der Waals surface area contributed by atoms with Crippen LogP contribution in [0, 0.1) is 19.4 Å². The summed E-state index contributed by atoms with van der Waals surface area (Å²) in [6, 6.07) is 15.3. The molecule has 8 nitrogen and oxygen atoms in total. The third-order valence-corrected chi connectivity index (χ3v) is 4.57. The molecule has 174 valence electrons. The highest BCUT2D eigenvalue weighted by Crippen LogP contribution is 2.24. The number of carbonyl (C=O) groups excluding carboxylic acids is 3. The van der Waals surface area contributed by atoms with E-state index in [1.807, 2.05) is 19.1 Å². The standard InChI is InChI=1S/C25H29N3O5/c1-6-28(23(31)20(16-29)27-24(32)33-25(3,4)5)21(18-13-8-7-9-14-18)22(30)26-19-15-11-10-12-17(19)2/h1,7-15,20-21,29H,16H2,2-5H3,(H,26,30)(H,27,32). The molecule has 0 fully saturated rings. The van der Waals surface area contributed by atoms with Crippen molar-refractivity contribution in [1.82, 2.24) is 10.2 Å². The monoisotopic (exact) mass is 451 g/mol. The molecule has 2 atom stereocenters. The Labute approximate surface area is 193 Å². The first-order valence-electron chi connectivity index (χ1n) is 10.4. The topological polar surface area (TPSA) is 108 Å². The lowest BCUT2D eigenvalue weighted by Crippen LogP contribution is -2.52. The van der Waals surface area contributed by atoms with Crippen LogP contribution in [0.15, 0.2) is 54.6 Å². The van der Waals surface area contributed by atoms with Crippen molar-refractivity contribution in [1.29, 1.82) is 0 Å². The Morgan fingerprint density at radius 3 is 2.24 bits per heavy atom. The summed E-state index contributed by atoms with van der Waals surface area (Å²) in [5, 5.41) is 14.9. The zero-order valence-corrected chi connectivity index (χ0v) is 19.2. The fourth-order valence-corrected chi connectivity index (χ4v) is 3.04. The third kappa shape index (κ3) is 7.09. The minimum Gasteiger partial charge on any atom is -0.444 e. The summed E-state index contributed by atoms with van der Waals surface area (Å²) in [7, 11) is 0. The number of para-hydroxylation sites is 1. The van der Waals surface area contributed by atoms with Crippen LogP contribution in [0.1, 0.15) is 37.9 Å². The second-order valence-electron chi connectivity index (χ2n) is 8.34. The van der Waals surface area contributed by atoms with Gasteiger partial charge < -0.3 is 20.5 Å². The molecule has 3 amide bonds. The van der Waals surface area contributed by atoms with Crippen LogP contribution in [0.25, 0.3) is 0 Å². The summed E-state index contributed by atoms with van der Waals surface area (Å²) in [6.45, 7) is 6.09. The van der Waals surface area contributed by atoms with Crippen LogP contribution < -0.4 is 10.6 Å². The number of hydrogen-bond donors (Lipinski definition) is 3.